The van der Waals surface area contributed by atoms with Gasteiger partial charge in [0.25, 0.3) is 0 Å². The highest BCUT2D eigenvalue weighted by Gasteiger charge is 2.20. The minimum absolute atomic E-state index is 0.0772. The van der Waals surface area contributed by atoms with Crippen molar-refractivity contribution in [1.82, 2.24) is 9.62 Å². The lowest BCUT2D eigenvalue weighted by molar-refractivity contribution is -0.122. The Bertz CT molecular complexity index is 640. The van der Waals surface area contributed by atoms with Crippen LogP contribution < -0.4 is 5.32 Å². The summed E-state index contributed by atoms with van der Waals surface area (Å²) in [6.45, 7) is 0.423. The Kier molecular flexibility index (Phi) is 7.07. The molecule has 0 spiro atoms. The highest BCUT2D eigenvalue weighted by Crippen LogP contribution is 2.18. The van der Waals surface area contributed by atoms with Crippen molar-refractivity contribution in [3.05, 3.63) is 34.9 Å². The lowest BCUT2D eigenvalue weighted by Gasteiger charge is -2.24. The van der Waals surface area contributed by atoms with E-state index in [1.165, 1.54) is 17.0 Å². The number of carbonyl (C=O) groups is 1. The number of amides is 1. The largest absolute Gasteiger partial charge is 0.353 e. The molecular weight excluding hydrogens is 348 g/mol. The van der Waals surface area contributed by atoms with E-state index >= 15 is 0 Å². The number of sulfonamides is 1. The van der Waals surface area contributed by atoms with Crippen molar-refractivity contribution in [3.63, 3.8) is 0 Å². The minimum Gasteiger partial charge on any atom is -0.353 e. The van der Waals surface area contributed by atoms with Gasteiger partial charge in [0.1, 0.15) is 0 Å². The Morgan fingerprint density at radius 1 is 1.21 bits per heavy atom. The first-order chi connectivity index (χ1) is 11.3. The summed E-state index contributed by atoms with van der Waals surface area (Å²) in [5.41, 5.74) is 0.845. The third-order valence-electron chi connectivity index (χ3n) is 4.30. The summed E-state index contributed by atoms with van der Waals surface area (Å²) >= 11 is 5.85. The maximum absolute atomic E-state index is 12.1. The molecule has 2 rings (SSSR count). The molecule has 1 aromatic carbocycles. The van der Waals surface area contributed by atoms with Gasteiger partial charge in [-0.25, -0.2) is 8.42 Å². The normalized spacial score (nSPS) is 16.3. The van der Waals surface area contributed by atoms with Crippen molar-refractivity contribution in [2.24, 2.45) is 0 Å². The second kappa shape index (κ2) is 8.83. The third-order valence-corrected chi connectivity index (χ3v) is 5.80. The second-order valence-corrected chi connectivity index (χ2v) is 8.79. The second-order valence-electron chi connectivity index (χ2n) is 6.38. The zero-order valence-corrected chi connectivity index (χ0v) is 15.6. The fourth-order valence-corrected chi connectivity index (χ4v) is 3.86. The average molecular weight is 373 g/mol. The van der Waals surface area contributed by atoms with Crippen molar-refractivity contribution in [3.8, 4) is 0 Å². The molecule has 134 valence electrons. The van der Waals surface area contributed by atoms with Crippen molar-refractivity contribution in [2.45, 2.75) is 51.1 Å². The van der Waals surface area contributed by atoms with Gasteiger partial charge in [-0.3, -0.25) is 4.79 Å². The Hall–Kier alpha value is -1.11. The number of hydrogen-bond donors (Lipinski definition) is 1. The molecule has 0 atom stereocenters. The van der Waals surface area contributed by atoms with E-state index in [4.69, 9.17) is 11.6 Å². The van der Waals surface area contributed by atoms with Gasteiger partial charge in [-0.1, -0.05) is 43.0 Å². The maximum atomic E-state index is 12.1. The van der Waals surface area contributed by atoms with E-state index < -0.39 is 10.0 Å². The number of carbonyl (C=O) groups excluding carboxylic acids is 1. The van der Waals surface area contributed by atoms with E-state index in [2.05, 4.69) is 5.32 Å². The molecule has 0 unspecified atom stereocenters. The first kappa shape index (κ1) is 19.2. The van der Waals surface area contributed by atoms with E-state index in [0.717, 1.165) is 31.2 Å². The van der Waals surface area contributed by atoms with Crippen LogP contribution in [0.2, 0.25) is 5.02 Å². The summed E-state index contributed by atoms with van der Waals surface area (Å²) in [6.07, 6.45) is 6.92. The Morgan fingerprint density at radius 2 is 1.83 bits per heavy atom. The molecule has 24 heavy (non-hydrogen) atoms. The van der Waals surface area contributed by atoms with Crippen molar-refractivity contribution >= 4 is 27.5 Å². The predicted octanol–water partition coefficient (Wildman–Crippen LogP) is 2.94. The third kappa shape index (κ3) is 6.42. The van der Waals surface area contributed by atoms with Crippen LogP contribution in [-0.4, -0.2) is 37.5 Å². The lowest BCUT2D eigenvalue weighted by atomic mass is 9.95. The highest BCUT2D eigenvalue weighted by atomic mass is 35.5. The fraction of sp³-hybridized carbons (Fsp3) is 0.588. The highest BCUT2D eigenvalue weighted by molar-refractivity contribution is 7.88. The van der Waals surface area contributed by atoms with Gasteiger partial charge in [0.05, 0.1) is 6.26 Å². The standard InChI is InChI=1S/C17H25ClN2O3S/c1-24(22,23)20(13-14-7-9-15(18)10-8-14)12-11-17(21)19-16-5-3-2-4-6-16/h7-10,16H,2-6,11-13H2,1H3,(H,19,21). The first-order valence-electron chi connectivity index (χ1n) is 8.33. The molecule has 7 heteroatoms. The average Bonchev–Trinajstić information content (AvgIpc) is 2.53. The summed E-state index contributed by atoms with van der Waals surface area (Å²) in [5, 5.41) is 3.63. The van der Waals surface area contributed by atoms with Crippen molar-refractivity contribution < 1.29 is 13.2 Å². The molecule has 0 heterocycles. The van der Waals surface area contributed by atoms with Crippen LogP contribution in [0.4, 0.5) is 0 Å². The number of rotatable bonds is 7. The lowest BCUT2D eigenvalue weighted by Crippen LogP contribution is -2.39. The van der Waals surface area contributed by atoms with Crippen LogP contribution in [0.3, 0.4) is 0 Å². The predicted molar refractivity (Wildman–Crippen MR) is 96.3 cm³/mol. The molecule has 1 N–H and O–H groups in total. The summed E-state index contributed by atoms with van der Waals surface area (Å²) in [4.78, 5) is 12.1. The molecule has 0 bridgehead atoms. The van der Waals surface area contributed by atoms with Crippen LogP contribution in [-0.2, 0) is 21.4 Å². The van der Waals surface area contributed by atoms with Crippen molar-refractivity contribution in [1.29, 1.82) is 0 Å². The zero-order chi connectivity index (χ0) is 17.6. The quantitative estimate of drug-likeness (QED) is 0.800. The van der Waals surface area contributed by atoms with E-state index in [-0.39, 0.29) is 31.5 Å². The number of nitrogens with one attached hydrogen (secondary N) is 1. The summed E-state index contributed by atoms with van der Waals surface area (Å²) in [7, 11) is -3.38. The molecule has 0 aromatic heterocycles. The van der Waals surface area contributed by atoms with Crippen LogP contribution in [0.5, 0.6) is 0 Å². The molecule has 1 aromatic rings. The van der Waals surface area contributed by atoms with Gasteiger partial charge in [0.2, 0.25) is 15.9 Å². The van der Waals surface area contributed by atoms with Crippen LogP contribution >= 0.6 is 11.6 Å². The maximum Gasteiger partial charge on any atom is 0.221 e. The summed E-state index contributed by atoms with van der Waals surface area (Å²) in [6, 6.07) is 7.29. The van der Waals surface area contributed by atoms with E-state index in [1.807, 2.05) is 0 Å². The molecule has 1 saturated carbocycles. The van der Waals surface area contributed by atoms with Gasteiger partial charge in [0.15, 0.2) is 0 Å². The van der Waals surface area contributed by atoms with E-state index in [9.17, 15) is 13.2 Å². The Morgan fingerprint density at radius 3 is 2.42 bits per heavy atom. The molecule has 1 aliphatic rings. The summed E-state index contributed by atoms with van der Waals surface area (Å²) in [5.74, 6) is -0.0772. The number of hydrogen-bond acceptors (Lipinski definition) is 3. The Labute approximate surface area is 149 Å². The van der Waals surface area contributed by atoms with E-state index in [0.29, 0.717) is 5.02 Å². The first-order valence-corrected chi connectivity index (χ1v) is 10.6. The monoisotopic (exact) mass is 372 g/mol. The van der Waals surface area contributed by atoms with Crippen LogP contribution in [0, 0.1) is 0 Å². The topological polar surface area (TPSA) is 66.5 Å². The molecule has 1 amide bonds. The molecule has 0 saturated heterocycles. The molecular formula is C17H25ClN2O3S. The zero-order valence-electron chi connectivity index (χ0n) is 14.0. The van der Waals surface area contributed by atoms with Crippen LogP contribution in [0.1, 0.15) is 44.1 Å². The minimum atomic E-state index is -3.38. The molecule has 1 fully saturated rings. The van der Waals surface area contributed by atoms with Gasteiger partial charge >= 0.3 is 0 Å². The van der Waals surface area contributed by atoms with Crippen LogP contribution in [0.25, 0.3) is 0 Å². The fourth-order valence-electron chi connectivity index (χ4n) is 2.93. The van der Waals surface area contributed by atoms with Crippen molar-refractivity contribution in [2.75, 3.05) is 12.8 Å². The van der Waals surface area contributed by atoms with Gasteiger partial charge < -0.3 is 5.32 Å². The SMILES string of the molecule is CS(=O)(=O)N(CCC(=O)NC1CCCCC1)Cc1ccc(Cl)cc1. The molecule has 5 nitrogen and oxygen atoms in total. The smallest absolute Gasteiger partial charge is 0.221 e. The number of benzene rings is 1. The van der Waals surface area contributed by atoms with E-state index in [1.54, 1.807) is 24.3 Å². The van der Waals surface area contributed by atoms with Gasteiger partial charge in [-0.15, -0.1) is 0 Å². The Balaban J connectivity index is 1.89. The van der Waals surface area contributed by atoms with Gasteiger partial charge in [0, 0.05) is 30.6 Å². The van der Waals surface area contributed by atoms with Gasteiger partial charge in [-0.2, -0.15) is 4.31 Å². The van der Waals surface area contributed by atoms with Crippen LogP contribution in [0.15, 0.2) is 24.3 Å². The molecule has 1 aliphatic carbocycles. The molecule has 0 aliphatic heterocycles. The number of nitrogens with zero attached hydrogens (tertiary/aromatic N) is 1. The number of halogens is 1. The summed E-state index contributed by atoms with van der Waals surface area (Å²) < 4.78 is 25.3. The molecule has 0 radical (unpaired) electrons. The van der Waals surface area contributed by atoms with Gasteiger partial charge in [-0.05, 0) is 30.5 Å².